The van der Waals surface area contributed by atoms with E-state index in [1.165, 1.54) is 5.56 Å². The van der Waals surface area contributed by atoms with Crippen LogP contribution in [-0.4, -0.2) is 71.5 Å². The fourth-order valence-corrected chi connectivity index (χ4v) is 3.66. The first-order chi connectivity index (χ1) is 13.4. The minimum Gasteiger partial charge on any atom is -0.481 e. The van der Waals surface area contributed by atoms with E-state index < -0.39 is 5.97 Å². The van der Waals surface area contributed by atoms with Crippen molar-refractivity contribution < 1.29 is 19.5 Å². The summed E-state index contributed by atoms with van der Waals surface area (Å²) >= 11 is 0. The van der Waals surface area contributed by atoms with Gasteiger partial charge in [-0.2, -0.15) is 0 Å². The van der Waals surface area contributed by atoms with Gasteiger partial charge < -0.3 is 20.2 Å². The first-order valence-electron chi connectivity index (χ1n) is 9.91. The molecule has 154 valence electrons. The summed E-state index contributed by atoms with van der Waals surface area (Å²) in [4.78, 5) is 37.7. The van der Waals surface area contributed by atoms with Gasteiger partial charge in [0.2, 0.25) is 11.8 Å². The lowest BCUT2D eigenvalue weighted by Crippen LogP contribution is -2.60. The molecule has 0 radical (unpaired) electrons. The first kappa shape index (κ1) is 21.9. The lowest BCUT2D eigenvalue weighted by Gasteiger charge is -2.41. The van der Waals surface area contributed by atoms with Gasteiger partial charge in [0.05, 0.1) is 6.54 Å². The van der Waals surface area contributed by atoms with Crippen LogP contribution in [0, 0.1) is 5.92 Å². The second kappa shape index (κ2) is 10.8. The van der Waals surface area contributed by atoms with Crippen molar-refractivity contribution in [3.8, 4) is 0 Å². The smallest absolute Gasteiger partial charge is 0.300 e. The van der Waals surface area contributed by atoms with Gasteiger partial charge in [-0.05, 0) is 50.8 Å². The number of hydrogen-bond donors (Lipinski definition) is 2. The Balaban J connectivity index is 0.000000640. The van der Waals surface area contributed by atoms with Crippen molar-refractivity contribution in [3.63, 3.8) is 0 Å². The molecule has 28 heavy (non-hydrogen) atoms. The van der Waals surface area contributed by atoms with Gasteiger partial charge in [0.25, 0.3) is 5.97 Å². The highest BCUT2D eigenvalue weighted by Crippen LogP contribution is 2.18. The van der Waals surface area contributed by atoms with E-state index in [2.05, 4.69) is 17.4 Å². The molecule has 2 amide bonds. The van der Waals surface area contributed by atoms with Crippen LogP contribution in [0.5, 0.6) is 0 Å². The van der Waals surface area contributed by atoms with Gasteiger partial charge in [-0.15, -0.1) is 0 Å². The van der Waals surface area contributed by atoms with Crippen LogP contribution in [0.3, 0.4) is 0 Å². The molecule has 2 aliphatic heterocycles. The van der Waals surface area contributed by atoms with E-state index in [9.17, 15) is 9.59 Å². The quantitative estimate of drug-likeness (QED) is 0.794. The van der Waals surface area contributed by atoms with Crippen LogP contribution in [0.25, 0.3) is 0 Å². The number of piperidine rings is 1. The summed E-state index contributed by atoms with van der Waals surface area (Å²) in [5.41, 5.74) is 1.20. The maximum atomic E-state index is 12.7. The van der Waals surface area contributed by atoms with Gasteiger partial charge >= 0.3 is 0 Å². The van der Waals surface area contributed by atoms with Gasteiger partial charge in [-0.3, -0.25) is 14.4 Å². The van der Waals surface area contributed by atoms with E-state index in [-0.39, 0.29) is 24.4 Å². The number of carbonyl (C=O) groups is 3. The Labute approximate surface area is 166 Å². The van der Waals surface area contributed by atoms with Crippen LogP contribution in [0.4, 0.5) is 0 Å². The minimum absolute atomic E-state index is 0.0781. The number of piperazine rings is 1. The molecule has 3 rings (SSSR count). The summed E-state index contributed by atoms with van der Waals surface area (Å²) < 4.78 is 0. The lowest BCUT2D eigenvalue weighted by atomic mass is 9.97. The zero-order valence-corrected chi connectivity index (χ0v) is 16.8. The Morgan fingerprint density at radius 1 is 1.25 bits per heavy atom. The zero-order chi connectivity index (χ0) is 20.5. The molecule has 2 heterocycles. The largest absolute Gasteiger partial charge is 0.481 e. The van der Waals surface area contributed by atoms with E-state index in [0.717, 1.165) is 39.3 Å². The number of rotatable bonds is 5. The van der Waals surface area contributed by atoms with Crippen LogP contribution in [-0.2, 0) is 20.8 Å². The lowest BCUT2D eigenvalue weighted by molar-refractivity contribution is -0.155. The number of aliphatic carboxylic acids is 1. The summed E-state index contributed by atoms with van der Waals surface area (Å²) in [5.74, 6) is -0.205. The van der Waals surface area contributed by atoms with Crippen molar-refractivity contribution >= 4 is 17.8 Å². The van der Waals surface area contributed by atoms with Crippen LogP contribution in [0.15, 0.2) is 30.3 Å². The van der Waals surface area contributed by atoms with Crippen LogP contribution < -0.4 is 5.32 Å². The molecule has 0 spiro atoms. The Morgan fingerprint density at radius 3 is 2.54 bits per heavy atom. The highest BCUT2D eigenvalue weighted by Gasteiger charge is 2.37. The Hall–Kier alpha value is -2.41. The molecular formula is C21H31N3O4. The third kappa shape index (κ3) is 6.64. The number of amides is 2. The van der Waals surface area contributed by atoms with Crippen molar-refractivity contribution in [1.29, 1.82) is 0 Å². The normalized spacial score (nSPS) is 22.5. The molecular weight excluding hydrogens is 358 g/mol. The van der Waals surface area contributed by atoms with Crippen LogP contribution >= 0.6 is 0 Å². The fraction of sp³-hybridized carbons (Fsp3) is 0.571. The predicted octanol–water partition coefficient (Wildman–Crippen LogP) is 1.38. The number of carbonyl (C=O) groups excluding carboxylic acids is 2. The number of nitrogens with zero attached hydrogens (tertiary/aromatic N) is 2. The SMILES string of the molecule is CC(=O)O.C[C@@H]1C(=O)N(CCc2ccccc2)CC(=O)N1C[C@H]1CCCNC1. The van der Waals surface area contributed by atoms with Gasteiger partial charge in [0.1, 0.15) is 6.04 Å². The Kier molecular flexibility index (Phi) is 8.44. The van der Waals surface area contributed by atoms with E-state index in [1.54, 1.807) is 9.80 Å². The van der Waals surface area contributed by atoms with Gasteiger partial charge in [0, 0.05) is 20.0 Å². The summed E-state index contributed by atoms with van der Waals surface area (Å²) in [6, 6.07) is 9.76. The maximum Gasteiger partial charge on any atom is 0.300 e. The third-order valence-electron chi connectivity index (χ3n) is 5.15. The fourth-order valence-electron chi connectivity index (χ4n) is 3.66. The summed E-state index contributed by atoms with van der Waals surface area (Å²) in [6.07, 6.45) is 3.08. The average Bonchev–Trinajstić information content (AvgIpc) is 2.68. The molecule has 2 aliphatic rings. The van der Waals surface area contributed by atoms with Crippen molar-refractivity contribution in [3.05, 3.63) is 35.9 Å². The summed E-state index contributed by atoms with van der Waals surface area (Å²) in [7, 11) is 0. The van der Waals surface area contributed by atoms with E-state index in [4.69, 9.17) is 9.90 Å². The van der Waals surface area contributed by atoms with Crippen LogP contribution in [0.1, 0.15) is 32.3 Å². The monoisotopic (exact) mass is 389 g/mol. The zero-order valence-electron chi connectivity index (χ0n) is 16.8. The molecule has 7 heteroatoms. The van der Waals surface area contributed by atoms with Crippen molar-refractivity contribution in [1.82, 2.24) is 15.1 Å². The molecule has 1 aromatic rings. The molecule has 2 atom stereocenters. The van der Waals surface area contributed by atoms with Gasteiger partial charge in [-0.25, -0.2) is 0 Å². The molecule has 7 nitrogen and oxygen atoms in total. The van der Waals surface area contributed by atoms with Gasteiger partial charge in [-0.1, -0.05) is 30.3 Å². The molecule has 0 saturated carbocycles. The van der Waals surface area contributed by atoms with E-state index in [1.807, 2.05) is 25.1 Å². The highest BCUT2D eigenvalue weighted by atomic mass is 16.4. The second-order valence-electron chi connectivity index (χ2n) is 7.45. The molecule has 0 aromatic heterocycles. The average molecular weight is 389 g/mol. The van der Waals surface area contributed by atoms with Crippen molar-refractivity contribution in [2.45, 2.75) is 39.2 Å². The van der Waals surface area contributed by atoms with Gasteiger partial charge in [0.15, 0.2) is 0 Å². The predicted molar refractivity (Wildman–Crippen MR) is 107 cm³/mol. The first-order valence-corrected chi connectivity index (χ1v) is 9.91. The topological polar surface area (TPSA) is 90.0 Å². The summed E-state index contributed by atoms with van der Waals surface area (Å²) in [5, 5.41) is 10.8. The van der Waals surface area contributed by atoms with E-state index in [0.29, 0.717) is 19.0 Å². The second-order valence-corrected chi connectivity index (χ2v) is 7.45. The number of carboxylic acids is 1. The van der Waals surface area contributed by atoms with E-state index >= 15 is 0 Å². The molecule has 1 aromatic carbocycles. The summed E-state index contributed by atoms with van der Waals surface area (Å²) in [6.45, 7) is 6.49. The Bertz CT molecular complexity index is 655. The van der Waals surface area contributed by atoms with Crippen molar-refractivity contribution in [2.75, 3.05) is 32.7 Å². The molecule has 0 aliphatic carbocycles. The van der Waals surface area contributed by atoms with Crippen LogP contribution in [0.2, 0.25) is 0 Å². The molecule has 0 bridgehead atoms. The number of benzene rings is 1. The molecule has 2 N–H and O–H groups in total. The number of hydrogen-bond acceptors (Lipinski definition) is 4. The standard InChI is InChI=1S/C19H27N3O2.C2H4O2/c1-15-19(24)21(11-9-16-6-3-2-4-7-16)14-18(23)22(15)13-17-8-5-10-20-12-17;1-2(3)4/h2-4,6-7,15,17,20H,5,8-14H2,1H3;1H3,(H,3,4)/t15-,17+;/m1./s1. The van der Waals surface area contributed by atoms with Crippen molar-refractivity contribution in [2.24, 2.45) is 5.92 Å². The third-order valence-corrected chi connectivity index (χ3v) is 5.15. The number of carboxylic acid groups (broad SMARTS) is 1. The number of nitrogens with one attached hydrogen (secondary N) is 1. The molecule has 0 unspecified atom stereocenters. The molecule has 2 fully saturated rings. The molecule has 2 saturated heterocycles. The minimum atomic E-state index is -0.833. The Morgan fingerprint density at radius 2 is 1.93 bits per heavy atom. The maximum absolute atomic E-state index is 12.7. The highest BCUT2D eigenvalue weighted by molar-refractivity contribution is 5.94.